The number of sulfone groups is 1. The molecule has 0 heterocycles. The zero-order chi connectivity index (χ0) is 19.2. The van der Waals surface area contributed by atoms with Gasteiger partial charge in [-0.2, -0.15) is 0 Å². The van der Waals surface area contributed by atoms with Crippen LogP contribution < -0.4 is 10.6 Å². The van der Waals surface area contributed by atoms with Crippen molar-refractivity contribution in [3.8, 4) is 0 Å². The first-order chi connectivity index (χ1) is 12.3. The topological polar surface area (TPSA) is 75.3 Å². The summed E-state index contributed by atoms with van der Waals surface area (Å²) in [6.45, 7) is 4.33. The van der Waals surface area contributed by atoms with Crippen LogP contribution in [0.3, 0.4) is 0 Å². The lowest BCUT2D eigenvalue weighted by Gasteiger charge is -2.19. The van der Waals surface area contributed by atoms with Crippen LogP contribution in [0.2, 0.25) is 0 Å². The van der Waals surface area contributed by atoms with Gasteiger partial charge in [-0.25, -0.2) is 17.6 Å². The maximum atomic E-state index is 13.1. The quantitative estimate of drug-likeness (QED) is 0.726. The fourth-order valence-electron chi connectivity index (χ4n) is 2.41. The van der Waals surface area contributed by atoms with Crippen molar-refractivity contribution >= 4 is 15.9 Å². The van der Waals surface area contributed by atoms with E-state index in [1.165, 1.54) is 12.1 Å². The average molecular weight is 378 g/mol. The predicted molar refractivity (Wildman–Crippen MR) is 99.0 cm³/mol. The van der Waals surface area contributed by atoms with Crippen molar-refractivity contribution in [3.63, 3.8) is 0 Å². The van der Waals surface area contributed by atoms with E-state index in [0.717, 1.165) is 12.1 Å². The first-order valence-electron chi connectivity index (χ1n) is 8.37. The number of hydrogen-bond donors (Lipinski definition) is 2. The molecule has 5 nitrogen and oxygen atoms in total. The van der Waals surface area contributed by atoms with Crippen LogP contribution in [0.25, 0.3) is 0 Å². The summed E-state index contributed by atoms with van der Waals surface area (Å²) in [5, 5.41) is 4.34. The van der Waals surface area contributed by atoms with Gasteiger partial charge in [0.15, 0.2) is 9.84 Å². The zero-order valence-electron chi connectivity index (χ0n) is 14.8. The molecule has 2 rings (SSSR count). The molecule has 7 heteroatoms. The number of carbonyl (C=O) groups excluding carboxylic acids is 1. The number of benzene rings is 2. The summed E-state index contributed by atoms with van der Waals surface area (Å²) in [4.78, 5) is 11.9. The van der Waals surface area contributed by atoms with Gasteiger partial charge in [0.2, 0.25) is 0 Å². The Kier molecular flexibility index (Phi) is 6.74. The van der Waals surface area contributed by atoms with Crippen molar-refractivity contribution in [1.82, 2.24) is 10.6 Å². The fraction of sp³-hybridized carbons (Fsp3) is 0.316. The van der Waals surface area contributed by atoms with Gasteiger partial charge in [-0.3, -0.25) is 0 Å². The van der Waals surface area contributed by atoms with Crippen LogP contribution in [-0.2, 0) is 9.84 Å². The molecule has 140 valence electrons. The molecule has 0 bridgehead atoms. The lowest BCUT2D eigenvalue weighted by molar-refractivity contribution is 0.239. The molecule has 26 heavy (non-hydrogen) atoms. The molecule has 1 unspecified atom stereocenters. The second kappa shape index (κ2) is 8.80. The van der Waals surface area contributed by atoms with Crippen molar-refractivity contribution in [2.45, 2.75) is 24.0 Å². The number of halogens is 1. The Balaban J connectivity index is 2.24. The van der Waals surface area contributed by atoms with Crippen LogP contribution in [0.15, 0.2) is 59.5 Å². The third kappa shape index (κ3) is 5.29. The molecule has 0 aliphatic carbocycles. The van der Waals surface area contributed by atoms with E-state index < -0.39 is 26.9 Å². The summed E-state index contributed by atoms with van der Waals surface area (Å²) >= 11 is 0. The lowest BCUT2D eigenvalue weighted by Crippen LogP contribution is -2.40. The van der Waals surface area contributed by atoms with E-state index in [1.807, 2.05) is 13.8 Å². The third-order valence-electron chi connectivity index (χ3n) is 3.81. The van der Waals surface area contributed by atoms with Crippen LogP contribution >= 0.6 is 0 Å². The minimum absolute atomic E-state index is 0.0112. The Bertz CT molecular complexity index is 822. The highest BCUT2D eigenvalue weighted by atomic mass is 32.2. The van der Waals surface area contributed by atoms with Crippen LogP contribution in [-0.4, -0.2) is 27.5 Å². The van der Waals surface area contributed by atoms with Crippen molar-refractivity contribution in [3.05, 3.63) is 66.0 Å². The Hall–Kier alpha value is -2.41. The van der Waals surface area contributed by atoms with Gasteiger partial charge >= 0.3 is 6.03 Å². The van der Waals surface area contributed by atoms with Crippen LogP contribution in [0, 0.1) is 11.7 Å². The normalized spacial score (nSPS) is 12.6. The van der Waals surface area contributed by atoms with E-state index in [9.17, 15) is 17.6 Å². The summed E-state index contributed by atoms with van der Waals surface area (Å²) in [6.07, 6.45) is 0. The summed E-state index contributed by atoms with van der Waals surface area (Å²) in [7, 11) is -3.81. The van der Waals surface area contributed by atoms with Crippen molar-refractivity contribution in [2.24, 2.45) is 5.92 Å². The molecular weight excluding hydrogens is 355 g/mol. The lowest BCUT2D eigenvalue weighted by atomic mass is 10.1. The number of hydrogen-bond acceptors (Lipinski definition) is 3. The van der Waals surface area contributed by atoms with Gasteiger partial charge in [0.25, 0.3) is 0 Å². The highest BCUT2D eigenvalue weighted by Crippen LogP contribution is 2.28. The van der Waals surface area contributed by atoms with Gasteiger partial charge in [-0.05, 0) is 35.7 Å². The molecule has 0 aliphatic rings. The molecule has 0 spiro atoms. The number of amides is 2. The first kappa shape index (κ1) is 19.9. The molecular formula is C19H23FN2O3S. The average Bonchev–Trinajstić information content (AvgIpc) is 2.61. The van der Waals surface area contributed by atoms with E-state index >= 15 is 0 Å². The molecule has 0 radical (unpaired) electrons. The SMILES string of the molecule is CC(C)CNC(=O)NCC(c1ccccc1)S(=O)(=O)c1ccc(F)cc1. The smallest absolute Gasteiger partial charge is 0.314 e. The molecule has 0 aliphatic heterocycles. The maximum Gasteiger partial charge on any atom is 0.314 e. The van der Waals surface area contributed by atoms with E-state index in [1.54, 1.807) is 30.3 Å². The van der Waals surface area contributed by atoms with E-state index in [-0.39, 0.29) is 17.4 Å². The van der Waals surface area contributed by atoms with Gasteiger partial charge in [0, 0.05) is 13.1 Å². The summed E-state index contributed by atoms with van der Waals surface area (Å²) in [5.74, 6) is -0.222. The molecule has 2 aromatic carbocycles. The second-order valence-corrected chi connectivity index (χ2v) is 8.51. The Morgan fingerprint density at radius 3 is 2.12 bits per heavy atom. The highest BCUT2D eigenvalue weighted by Gasteiger charge is 2.29. The van der Waals surface area contributed by atoms with Crippen molar-refractivity contribution in [1.29, 1.82) is 0 Å². The van der Waals surface area contributed by atoms with E-state index in [2.05, 4.69) is 10.6 Å². The standard InChI is InChI=1S/C19H23FN2O3S/c1-14(2)12-21-19(23)22-13-18(15-6-4-3-5-7-15)26(24,25)17-10-8-16(20)9-11-17/h3-11,14,18H,12-13H2,1-2H3,(H2,21,22,23). The van der Waals surface area contributed by atoms with Crippen LogP contribution in [0.4, 0.5) is 9.18 Å². The number of rotatable bonds is 7. The summed E-state index contributed by atoms with van der Waals surface area (Å²) in [5.41, 5.74) is 0.556. The maximum absolute atomic E-state index is 13.1. The van der Waals surface area contributed by atoms with E-state index in [4.69, 9.17) is 0 Å². The number of carbonyl (C=O) groups is 1. The Morgan fingerprint density at radius 2 is 1.54 bits per heavy atom. The van der Waals surface area contributed by atoms with E-state index in [0.29, 0.717) is 12.1 Å². The summed E-state index contributed by atoms with van der Waals surface area (Å²) in [6, 6.07) is 12.9. The minimum atomic E-state index is -3.81. The Labute approximate surface area is 153 Å². The number of urea groups is 1. The van der Waals surface area contributed by atoms with Gasteiger partial charge in [-0.15, -0.1) is 0 Å². The Morgan fingerprint density at radius 1 is 0.962 bits per heavy atom. The van der Waals surface area contributed by atoms with Crippen molar-refractivity contribution < 1.29 is 17.6 Å². The molecule has 0 saturated heterocycles. The first-order valence-corrected chi connectivity index (χ1v) is 9.91. The van der Waals surface area contributed by atoms with Crippen LogP contribution in [0.5, 0.6) is 0 Å². The number of nitrogens with one attached hydrogen (secondary N) is 2. The minimum Gasteiger partial charge on any atom is -0.338 e. The largest absolute Gasteiger partial charge is 0.338 e. The van der Waals surface area contributed by atoms with Gasteiger partial charge < -0.3 is 10.6 Å². The van der Waals surface area contributed by atoms with Gasteiger partial charge in [-0.1, -0.05) is 44.2 Å². The molecule has 2 aromatic rings. The molecule has 1 atom stereocenters. The van der Waals surface area contributed by atoms with Crippen LogP contribution in [0.1, 0.15) is 24.7 Å². The fourth-order valence-corrected chi connectivity index (χ4v) is 4.07. The van der Waals surface area contributed by atoms with Gasteiger partial charge in [0.1, 0.15) is 11.1 Å². The molecule has 0 aromatic heterocycles. The monoisotopic (exact) mass is 378 g/mol. The van der Waals surface area contributed by atoms with Gasteiger partial charge in [0.05, 0.1) is 4.90 Å². The highest BCUT2D eigenvalue weighted by molar-refractivity contribution is 7.91. The zero-order valence-corrected chi connectivity index (χ0v) is 15.6. The molecule has 0 saturated carbocycles. The van der Waals surface area contributed by atoms with Crippen molar-refractivity contribution in [2.75, 3.05) is 13.1 Å². The molecule has 2 N–H and O–H groups in total. The summed E-state index contributed by atoms with van der Waals surface area (Å²) < 4.78 is 39.2. The molecule has 0 fully saturated rings. The molecule has 2 amide bonds. The third-order valence-corrected chi connectivity index (χ3v) is 5.92. The predicted octanol–water partition coefficient (Wildman–Crippen LogP) is 3.30. The second-order valence-electron chi connectivity index (χ2n) is 6.38.